The predicted molar refractivity (Wildman–Crippen MR) is 69.5 cm³/mol. The average Bonchev–Trinajstić information content (AvgIpc) is 2.39. The maximum atomic E-state index is 12.3. The van der Waals surface area contributed by atoms with Gasteiger partial charge in [0.1, 0.15) is 11.6 Å². The largest absolute Gasteiger partial charge is 0.497 e. The number of nitrogen functional groups attached to an aromatic ring is 2. The summed E-state index contributed by atoms with van der Waals surface area (Å²) in [6, 6.07) is 8.17. The molecule has 0 aliphatic carbocycles. The van der Waals surface area contributed by atoms with E-state index in [1.807, 2.05) is 0 Å². The first-order valence-corrected chi connectivity index (χ1v) is 5.32. The average molecular weight is 243 g/mol. The first kappa shape index (κ1) is 11.9. The third-order valence-electron chi connectivity index (χ3n) is 2.59. The van der Waals surface area contributed by atoms with Gasteiger partial charge in [-0.25, -0.2) is 4.98 Å². The molecule has 0 radical (unpaired) electrons. The van der Waals surface area contributed by atoms with Crippen molar-refractivity contribution in [3.8, 4) is 5.75 Å². The van der Waals surface area contributed by atoms with E-state index in [1.165, 1.54) is 13.3 Å². The van der Waals surface area contributed by atoms with Gasteiger partial charge in [-0.15, -0.1) is 0 Å². The van der Waals surface area contributed by atoms with Crippen LogP contribution in [0.5, 0.6) is 5.75 Å². The number of pyridine rings is 1. The molecule has 0 amide bonds. The van der Waals surface area contributed by atoms with E-state index in [1.54, 1.807) is 30.3 Å². The highest BCUT2D eigenvalue weighted by atomic mass is 16.5. The summed E-state index contributed by atoms with van der Waals surface area (Å²) in [6.45, 7) is 0. The van der Waals surface area contributed by atoms with Gasteiger partial charge < -0.3 is 16.2 Å². The number of hydrogen-bond donors (Lipinski definition) is 2. The fourth-order valence-corrected chi connectivity index (χ4v) is 1.61. The molecule has 0 unspecified atom stereocenters. The van der Waals surface area contributed by atoms with Crippen molar-refractivity contribution in [3.63, 3.8) is 0 Å². The molecule has 5 heteroatoms. The first-order valence-electron chi connectivity index (χ1n) is 5.32. The molecule has 0 saturated heterocycles. The van der Waals surface area contributed by atoms with Gasteiger partial charge in [-0.1, -0.05) is 0 Å². The van der Waals surface area contributed by atoms with Gasteiger partial charge >= 0.3 is 0 Å². The molecule has 0 saturated carbocycles. The van der Waals surface area contributed by atoms with Gasteiger partial charge in [-0.2, -0.15) is 0 Å². The highest BCUT2D eigenvalue weighted by Crippen LogP contribution is 2.23. The molecule has 1 aromatic carbocycles. The third kappa shape index (κ3) is 2.10. The summed E-state index contributed by atoms with van der Waals surface area (Å²) in [5.41, 5.74) is 12.5. The number of rotatable bonds is 3. The van der Waals surface area contributed by atoms with Gasteiger partial charge in [0.05, 0.1) is 12.7 Å². The molecule has 18 heavy (non-hydrogen) atoms. The van der Waals surface area contributed by atoms with Crippen LogP contribution in [0, 0.1) is 0 Å². The second-order valence-corrected chi connectivity index (χ2v) is 3.72. The normalized spacial score (nSPS) is 10.1. The molecule has 0 bridgehead atoms. The van der Waals surface area contributed by atoms with E-state index in [0.29, 0.717) is 22.6 Å². The van der Waals surface area contributed by atoms with E-state index in [0.717, 1.165) is 0 Å². The second-order valence-electron chi connectivity index (χ2n) is 3.72. The molecule has 0 fully saturated rings. The van der Waals surface area contributed by atoms with E-state index in [4.69, 9.17) is 16.2 Å². The van der Waals surface area contributed by atoms with Crippen LogP contribution < -0.4 is 16.2 Å². The number of anilines is 2. The number of ketones is 1. The molecule has 0 atom stereocenters. The zero-order valence-electron chi connectivity index (χ0n) is 9.88. The number of nitrogens with two attached hydrogens (primary N) is 2. The molecule has 0 aliphatic rings. The molecular weight excluding hydrogens is 230 g/mol. The van der Waals surface area contributed by atoms with Crippen LogP contribution >= 0.6 is 0 Å². The van der Waals surface area contributed by atoms with Crippen LogP contribution in [0.3, 0.4) is 0 Å². The van der Waals surface area contributed by atoms with Crippen molar-refractivity contribution < 1.29 is 9.53 Å². The number of methoxy groups -OCH3 is 1. The van der Waals surface area contributed by atoms with Crippen LogP contribution in [0.15, 0.2) is 36.5 Å². The third-order valence-corrected chi connectivity index (χ3v) is 2.59. The number of carbonyl (C=O) groups excluding carboxylic acids is 1. The van der Waals surface area contributed by atoms with Crippen molar-refractivity contribution in [1.82, 2.24) is 4.98 Å². The molecule has 92 valence electrons. The fraction of sp³-hybridized carbons (Fsp3) is 0.0769. The zero-order chi connectivity index (χ0) is 13.1. The van der Waals surface area contributed by atoms with E-state index >= 15 is 0 Å². The Morgan fingerprint density at radius 3 is 2.67 bits per heavy atom. The minimum atomic E-state index is -0.267. The lowest BCUT2D eigenvalue weighted by atomic mass is 10.0. The SMILES string of the molecule is COc1ccc(N)c(C(=O)c2cccnc2N)c1. The molecule has 1 heterocycles. The van der Waals surface area contributed by atoms with Crippen LogP contribution in [-0.2, 0) is 0 Å². The molecule has 2 aromatic rings. The van der Waals surface area contributed by atoms with Crippen molar-refractivity contribution in [2.24, 2.45) is 0 Å². The van der Waals surface area contributed by atoms with Crippen LogP contribution in [0.25, 0.3) is 0 Å². The van der Waals surface area contributed by atoms with Gasteiger partial charge in [-0.05, 0) is 30.3 Å². The Kier molecular flexibility index (Phi) is 3.14. The minimum absolute atomic E-state index is 0.185. The number of nitrogens with zero attached hydrogens (tertiary/aromatic N) is 1. The summed E-state index contributed by atoms with van der Waals surface area (Å²) in [5, 5.41) is 0. The lowest BCUT2D eigenvalue weighted by Crippen LogP contribution is -2.09. The van der Waals surface area contributed by atoms with Crippen LogP contribution in [0.4, 0.5) is 11.5 Å². The molecule has 5 nitrogen and oxygen atoms in total. The number of benzene rings is 1. The van der Waals surface area contributed by atoms with Gasteiger partial charge in [0, 0.05) is 17.4 Å². The number of ether oxygens (including phenoxy) is 1. The second kappa shape index (κ2) is 4.75. The summed E-state index contributed by atoms with van der Waals surface area (Å²) in [7, 11) is 1.53. The van der Waals surface area contributed by atoms with Crippen molar-refractivity contribution in [1.29, 1.82) is 0 Å². The predicted octanol–water partition coefficient (Wildman–Crippen LogP) is 1.49. The Hall–Kier alpha value is -2.56. The molecule has 1 aromatic heterocycles. The van der Waals surface area contributed by atoms with Crippen molar-refractivity contribution >= 4 is 17.3 Å². The Morgan fingerprint density at radius 2 is 2.00 bits per heavy atom. The smallest absolute Gasteiger partial charge is 0.198 e. The maximum Gasteiger partial charge on any atom is 0.198 e. The van der Waals surface area contributed by atoms with E-state index in [2.05, 4.69) is 4.98 Å². The van der Waals surface area contributed by atoms with Gasteiger partial charge in [0.15, 0.2) is 5.78 Å². The molecular formula is C13H13N3O2. The Bertz CT molecular complexity index is 597. The standard InChI is InChI=1S/C13H13N3O2/c1-18-8-4-5-11(14)10(7-8)12(17)9-3-2-6-16-13(9)15/h2-7H,14H2,1H3,(H2,15,16). The lowest BCUT2D eigenvalue weighted by Gasteiger charge is -2.08. The maximum absolute atomic E-state index is 12.3. The number of hydrogen-bond acceptors (Lipinski definition) is 5. The molecule has 0 spiro atoms. The fourth-order valence-electron chi connectivity index (χ4n) is 1.61. The lowest BCUT2D eigenvalue weighted by molar-refractivity contribution is 0.104. The zero-order valence-corrected chi connectivity index (χ0v) is 9.88. The highest BCUT2D eigenvalue weighted by Gasteiger charge is 2.16. The van der Waals surface area contributed by atoms with Crippen molar-refractivity contribution in [3.05, 3.63) is 47.7 Å². The van der Waals surface area contributed by atoms with Crippen LogP contribution in [-0.4, -0.2) is 17.9 Å². The molecule has 4 N–H and O–H groups in total. The summed E-state index contributed by atoms with van der Waals surface area (Å²) in [5.74, 6) is 0.483. The summed E-state index contributed by atoms with van der Waals surface area (Å²) < 4.78 is 5.07. The Balaban J connectivity index is 2.49. The van der Waals surface area contributed by atoms with Gasteiger partial charge in [0.25, 0.3) is 0 Å². The Morgan fingerprint density at radius 1 is 1.22 bits per heavy atom. The van der Waals surface area contributed by atoms with E-state index in [-0.39, 0.29) is 11.6 Å². The molecule has 0 aliphatic heterocycles. The minimum Gasteiger partial charge on any atom is -0.497 e. The summed E-state index contributed by atoms with van der Waals surface area (Å²) in [4.78, 5) is 16.2. The van der Waals surface area contributed by atoms with Crippen molar-refractivity contribution in [2.45, 2.75) is 0 Å². The van der Waals surface area contributed by atoms with E-state index in [9.17, 15) is 4.79 Å². The van der Waals surface area contributed by atoms with Crippen LogP contribution in [0.2, 0.25) is 0 Å². The topological polar surface area (TPSA) is 91.2 Å². The van der Waals surface area contributed by atoms with Crippen LogP contribution in [0.1, 0.15) is 15.9 Å². The van der Waals surface area contributed by atoms with E-state index < -0.39 is 0 Å². The molecule has 2 rings (SSSR count). The summed E-state index contributed by atoms with van der Waals surface area (Å²) >= 11 is 0. The highest BCUT2D eigenvalue weighted by molar-refractivity contribution is 6.14. The monoisotopic (exact) mass is 243 g/mol. The summed E-state index contributed by atoms with van der Waals surface area (Å²) in [6.07, 6.45) is 1.53. The van der Waals surface area contributed by atoms with Gasteiger partial charge in [0.2, 0.25) is 0 Å². The van der Waals surface area contributed by atoms with Crippen molar-refractivity contribution in [2.75, 3.05) is 18.6 Å². The number of carbonyl (C=O) groups is 1. The first-order chi connectivity index (χ1) is 8.63. The Labute approximate surface area is 104 Å². The van der Waals surface area contributed by atoms with Gasteiger partial charge in [-0.3, -0.25) is 4.79 Å². The quantitative estimate of drug-likeness (QED) is 0.629. The number of aromatic nitrogens is 1.